The summed E-state index contributed by atoms with van der Waals surface area (Å²) in [6.45, 7) is 0.429. The van der Waals surface area contributed by atoms with Gasteiger partial charge in [-0.25, -0.2) is 0 Å². The fraction of sp³-hybridized carbons (Fsp3) is 0.250. The zero-order valence-electron chi connectivity index (χ0n) is 9.43. The van der Waals surface area contributed by atoms with Crippen LogP contribution < -0.4 is 5.73 Å². The molecular formula is C12H12F3N3. The summed E-state index contributed by atoms with van der Waals surface area (Å²) < 4.78 is 38.8. The second kappa shape index (κ2) is 4.81. The molecule has 0 radical (unpaired) electrons. The van der Waals surface area contributed by atoms with Crippen molar-refractivity contribution in [3.8, 4) is 0 Å². The number of hydrogen-bond donors (Lipinski definition) is 1. The van der Waals surface area contributed by atoms with Crippen LogP contribution in [0, 0.1) is 0 Å². The third-order valence-corrected chi connectivity index (χ3v) is 2.61. The summed E-state index contributed by atoms with van der Waals surface area (Å²) in [7, 11) is 0. The smallest absolute Gasteiger partial charge is 0.322 e. The molecule has 96 valence electrons. The molecule has 0 aliphatic rings. The number of rotatable bonds is 3. The molecule has 18 heavy (non-hydrogen) atoms. The van der Waals surface area contributed by atoms with Crippen molar-refractivity contribution in [2.24, 2.45) is 5.73 Å². The van der Waals surface area contributed by atoms with Gasteiger partial charge in [0.25, 0.3) is 0 Å². The van der Waals surface area contributed by atoms with Gasteiger partial charge >= 0.3 is 6.18 Å². The molecule has 2 rings (SSSR count). The molecule has 1 aromatic carbocycles. The topological polar surface area (TPSA) is 43.8 Å². The van der Waals surface area contributed by atoms with Crippen LogP contribution in [0.25, 0.3) is 0 Å². The van der Waals surface area contributed by atoms with E-state index in [9.17, 15) is 13.2 Å². The van der Waals surface area contributed by atoms with Crippen LogP contribution in [0.1, 0.15) is 17.2 Å². The number of nitrogens with zero attached hydrogens (tertiary/aromatic N) is 2. The highest BCUT2D eigenvalue weighted by molar-refractivity contribution is 5.26. The number of aromatic nitrogens is 2. The second-order valence-electron chi connectivity index (χ2n) is 3.95. The van der Waals surface area contributed by atoms with Crippen LogP contribution in [-0.4, -0.2) is 9.78 Å². The molecule has 0 amide bonds. The number of benzene rings is 1. The number of alkyl halides is 3. The Balaban J connectivity index is 2.10. The van der Waals surface area contributed by atoms with E-state index in [4.69, 9.17) is 5.73 Å². The Morgan fingerprint density at radius 2 is 1.89 bits per heavy atom. The molecule has 0 aliphatic carbocycles. The Labute approximate surface area is 102 Å². The Morgan fingerprint density at radius 1 is 1.22 bits per heavy atom. The molecule has 6 heteroatoms. The molecule has 1 heterocycles. The van der Waals surface area contributed by atoms with E-state index in [1.165, 1.54) is 12.1 Å². The first kappa shape index (κ1) is 12.6. The molecule has 0 fully saturated rings. The normalized spacial score (nSPS) is 13.6. The van der Waals surface area contributed by atoms with E-state index in [0.717, 1.165) is 12.1 Å². The summed E-state index contributed by atoms with van der Waals surface area (Å²) in [5, 5.41) is 4.00. The Bertz CT molecular complexity index is 488. The van der Waals surface area contributed by atoms with Gasteiger partial charge in [0.2, 0.25) is 0 Å². The quantitative estimate of drug-likeness (QED) is 0.916. The van der Waals surface area contributed by atoms with Crippen LogP contribution in [0.5, 0.6) is 0 Å². The molecule has 2 N–H and O–H groups in total. The first-order valence-electron chi connectivity index (χ1n) is 5.37. The highest BCUT2D eigenvalue weighted by Crippen LogP contribution is 2.29. The Morgan fingerprint density at radius 3 is 2.39 bits per heavy atom. The van der Waals surface area contributed by atoms with Crippen LogP contribution in [-0.2, 0) is 12.7 Å². The predicted octanol–water partition coefficient (Wildman–Crippen LogP) is 2.60. The lowest BCUT2D eigenvalue weighted by molar-refractivity contribution is -0.137. The van der Waals surface area contributed by atoms with E-state index >= 15 is 0 Å². The molecule has 2 aromatic rings. The zero-order valence-corrected chi connectivity index (χ0v) is 9.43. The van der Waals surface area contributed by atoms with Crippen LogP contribution in [0.4, 0.5) is 13.2 Å². The van der Waals surface area contributed by atoms with Crippen molar-refractivity contribution in [1.82, 2.24) is 9.78 Å². The van der Waals surface area contributed by atoms with Crippen LogP contribution in [0.2, 0.25) is 0 Å². The van der Waals surface area contributed by atoms with E-state index in [-0.39, 0.29) is 6.04 Å². The van der Waals surface area contributed by atoms with Gasteiger partial charge in [-0.3, -0.25) is 4.68 Å². The van der Waals surface area contributed by atoms with Gasteiger partial charge in [0.05, 0.1) is 12.1 Å². The third kappa shape index (κ3) is 2.89. The molecule has 0 saturated carbocycles. The van der Waals surface area contributed by atoms with Crippen LogP contribution >= 0.6 is 0 Å². The number of hydrogen-bond acceptors (Lipinski definition) is 2. The van der Waals surface area contributed by atoms with Crippen molar-refractivity contribution in [2.45, 2.75) is 18.8 Å². The van der Waals surface area contributed by atoms with E-state index in [2.05, 4.69) is 5.10 Å². The summed E-state index contributed by atoms with van der Waals surface area (Å²) in [5.74, 6) is 0. The molecule has 0 spiro atoms. The first-order chi connectivity index (χ1) is 8.47. The summed E-state index contributed by atoms with van der Waals surface area (Å²) >= 11 is 0. The fourth-order valence-electron chi connectivity index (χ4n) is 1.63. The minimum Gasteiger partial charge on any atom is -0.322 e. The van der Waals surface area contributed by atoms with Crippen molar-refractivity contribution >= 4 is 0 Å². The van der Waals surface area contributed by atoms with Crippen molar-refractivity contribution < 1.29 is 13.2 Å². The van der Waals surface area contributed by atoms with Gasteiger partial charge in [-0.15, -0.1) is 0 Å². The third-order valence-electron chi connectivity index (χ3n) is 2.61. The first-order valence-corrected chi connectivity index (χ1v) is 5.37. The summed E-state index contributed by atoms with van der Waals surface area (Å²) in [4.78, 5) is 0. The lowest BCUT2D eigenvalue weighted by Gasteiger charge is -2.13. The highest BCUT2D eigenvalue weighted by Gasteiger charge is 2.30. The van der Waals surface area contributed by atoms with E-state index in [0.29, 0.717) is 12.1 Å². The van der Waals surface area contributed by atoms with E-state index in [1.54, 1.807) is 23.1 Å². The minimum absolute atomic E-state index is 0.382. The highest BCUT2D eigenvalue weighted by atomic mass is 19.4. The van der Waals surface area contributed by atoms with Gasteiger partial charge in [0.1, 0.15) is 0 Å². The molecular weight excluding hydrogens is 243 g/mol. The summed E-state index contributed by atoms with van der Waals surface area (Å²) in [6, 6.07) is 6.26. The molecule has 1 atom stereocenters. The minimum atomic E-state index is -4.31. The van der Waals surface area contributed by atoms with Gasteiger partial charge < -0.3 is 5.73 Å². The fourth-order valence-corrected chi connectivity index (χ4v) is 1.63. The maximum absolute atomic E-state index is 12.4. The van der Waals surface area contributed by atoms with Gasteiger partial charge in [0, 0.05) is 18.4 Å². The van der Waals surface area contributed by atoms with Crippen LogP contribution in [0.15, 0.2) is 42.7 Å². The molecule has 0 saturated heterocycles. The van der Waals surface area contributed by atoms with Crippen molar-refractivity contribution in [3.05, 3.63) is 53.9 Å². The second-order valence-corrected chi connectivity index (χ2v) is 3.95. The monoisotopic (exact) mass is 255 g/mol. The lowest BCUT2D eigenvalue weighted by Crippen LogP contribution is -2.18. The Kier molecular flexibility index (Phi) is 3.38. The zero-order chi connectivity index (χ0) is 13.2. The maximum Gasteiger partial charge on any atom is 0.416 e. The summed E-state index contributed by atoms with van der Waals surface area (Å²) in [5.41, 5.74) is 5.89. The summed E-state index contributed by atoms with van der Waals surface area (Å²) in [6.07, 6.45) is -0.936. The average Bonchev–Trinajstić information content (AvgIpc) is 2.81. The van der Waals surface area contributed by atoms with Gasteiger partial charge in [-0.2, -0.15) is 18.3 Å². The SMILES string of the molecule is NC(Cn1cccn1)c1ccc(C(F)(F)F)cc1. The van der Waals surface area contributed by atoms with E-state index in [1.807, 2.05) is 0 Å². The van der Waals surface area contributed by atoms with Crippen molar-refractivity contribution in [1.29, 1.82) is 0 Å². The largest absolute Gasteiger partial charge is 0.416 e. The predicted molar refractivity (Wildman–Crippen MR) is 60.6 cm³/mol. The van der Waals surface area contributed by atoms with Gasteiger partial charge in [-0.1, -0.05) is 12.1 Å². The Hall–Kier alpha value is -1.82. The molecule has 1 unspecified atom stereocenters. The molecule has 3 nitrogen and oxygen atoms in total. The van der Waals surface area contributed by atoms with E-state index < -0.39 is 11.7 Å². The maximum atomic E-state index is 12.4. The van der Waals surface area contributed by atoms with Crippen molar-refractivity contribution in [3.63, 3.8) is 0 Å². The standard InChI is InChI=1S/C12H12F3N3/c13-12(14,15)10-4-2-9(3-5-10)11(16)8-18-7-1-6-17-18/h1-7,11H,8,16H2. The molecule has 0 aliphatic heterocycles. The van der Waals surface area contributed by atoms with Gasteiger partial charge in [-0.05, 0) is 23.8 Å². The average molecular weight is 255 g/mol. The molecule has 1 aromatic heterocycles. The van der Waals surface area contributed by atoms with Crippen LogP contribution in [0.3, 0.4) is 0 Å². The molecule has 0 bridgehead atoms. The van der Waals surface area contributed by atoms with Gasteiger partial charge in [0.15, 0.2) is 0 Å². The number of halogens is 3. The lowest BCUT2D eigenvalue weighted by atomic mass is 10.1. The number of nitrogens with two attached hydrogens (primary N) is 1. The van der Waals surface area contributed by atoms with Crippen molar-refractivity contribution in [2.75, 3.05) is 0 Å².